The highest BCUT2D eigenvalue weighted by Crippen LogP contribution is 2.34. The number of sulfonamides is 1. The lowest BCUT2D eigenvalue weighted by atomic mass is 10.1. The molecule has 3 aromatic rings. The number of carbonyl (C=O) groups is 2. The molecule has 3 heterocycles. The second kappa shape index (κ2) is 12.2. The number of hydrogen-bond donors (Lipinski definition) is 1. The molecule has 0 bridgehead atoms. The summed E-state index contributed by atoms with van der Waals surface area (Å²) in [5, 5.41) is 3.09. The van der Waals surface area contributed by atoms with Gasteiger partial charge in [-0.05, 0) is 36.4 Å². The van der Waals surface area contributed by atoms with Gasteiger partial charge in [-0.15, -0.1) is 0 Å². The quantitative estimate of drug-likeness (QED) is 0.393. The molecule has 1 aromatic heterocycles. The summed E-state index contributed by atoms with van der Waals surface area (Å²) in [5.74, 6) is -2.45. The van der Waals surface area contributed by atoms with Gasteiger partial charge in [-0.2, -0.15) is 4.31 Å². The van der Waals surface area contributed by atoms with E-state index in [1.54, 1.807) is 53.6 Å². The summed E-state index contributed by atoms with van der Waals surface area (Å²) < 4.78 is 33.8. The van der Waals surface area contributed by atoms with E-state index in [2.05, 4.69) is 15.3 Å². The third-order valence-electron chi connectivity index (χ3n) is 6.86. The Morgan fingerprint density at radius 3 is 2.40 bits per heavy atom. The molecule has 0 radical (unpaired) electrons. The van der Waals surface area contributed by atoms with E-state index in [-0.39, 0.29) is 47.5 Å². The fourth-order valence-corrected chi connectivity index (χ4v) is 6.95. The van der Waals surface area contributed by atoms with Crippen LogP contribution in [-0.2, 0) is 19.6 Å². The Balaban J connectivity index is 1.43. The molecule has 1 N–H and O–H groups in total. The minimum atomic E-state index is -4.13. The van der Waals surface area contributed by atoms with E-state index in [9.17, 15) is 18.0 Å². The van der Waals surface area contributed by atoms with Crippen LogP contribution < -0.4 is 10.2 Å². The lowest BCUT2D eigenvalue weighted by molar-refractivity contribution is -0.158. The number of amides is 1. The monoisotopic (exact) mass is 628 g/mol. The topological polar surface area (TPSA) is 125 Å². The average Bonchev–Trinajstić information content (AvgIpc) is 3.01. The summed E-state index contributed by atoms with van der Waals surface area (Å²) in [5.41, 5.74) is 0.463. The largest absolute Gasteiger partial charge is 0.465 e. The van der Waals surface area contributed by atoms with Crippen LogP contribution in [0.4, 0.5) is 11.5 Å². The van der Waals surface area contributed by atoms with Crippen LogP contribution in [0.25, 0.3) is 0 Å². The molecule has 0 aliphatic carbocycles. The molecular weight excluding hydrogens is 603 g/mol. The van der Waals surface area contributed by atoms with Crippen molar-refractivity contribution in [1.82, 2.24) is 19.5 Å². The van der Waals surface area contributed by atoms with Crippen molar-refractivity contribution in [3.63, 3.8) is 0 Å². The van der Waals surface area contributed by atoms with Gasteiger partial charge in [0, 0.05) is 55.9 Å². The van der Waals surface area contributed by atoms with Crippen molar-refractivity contribution in [2.45, 2.75) is 10.7 Å². The summed E-state index contributed by atoms with van der Waals surface area (Å²) in [4.78, 5) is 38.0. The number of ether oxygens (including phenoxy) is 1. The number of allylic oxidation sites excluding steroid dienone is 1. The number of rotatable bonds is 7. The maximum atomic E-state index is 14.0. The molecule has 2 aromatic carbocycles. The van der Waals surface area contributed by atoms with E-state index in [1.165, 1.54) is 53.0 Å². The van der Waals surface area contributed by atoms with Crippen LogP contribution in [0.1, 0.15) is 10.4 Å². The highest BCUT2D eigenvalue weighted by molar-refractivity contribution is 7.89. The molecule has 218 valence electrons. The molecular formula is C28H26Cl2N6O5S. The van der Waals surface area contributed by atoms with Crippen molar-refractivity contribution >= 4 is 62.8 Å². The third kappa shape index (κ3) is 5.51. The molecule has 14 heteroatoms. The number of para-hydroxylation sites is 1. The van der Waals surface area contributed by atoms with E-state index < -0.39 is 27.7 Å². The molecule has 2 aliphatic rings. The Morgan fingerprint density at radius 1 is 1.02 bits per heavy atom. The standard InChI is InChI=1S/C28H26Cl2N6O5S/c1-41-27(38)28(32-12-6-13-33-28)34-15-17-35(18-16-34)42(39,40)23-10-5-9-22(25(23)30)26(37)36(21-7-3-2-4-8-21)24-19-20(29)11-14-31-24/h2-14,19,32H,15-18H2,1H3. The molecule has 0 saturated carbocycles. The molecule has 1 amide bonds. The maximum Gasteiger partial charge on any atom is 0.371 e. The number of anilines is 2. The van der Waals surface area contributed by atoms with Gasteiger partial charge in [0.15, 0.2) is 0 Å². The normalized spacial score (nSPS) is 19.2. The van der Waals surface area contributed by atoms with Gasteiger partial charge < -0.3 is 10.1 Å². The van der Waals surface area contributed by atoms with Crippen LogP contribution in [0.3, 0.4) is 0 Å². The minimum Gasteiger partial charge on any atom is -0.465 e. The van der Waals surface area contributed by atoms with Crippen LogP contribution in [0.5, 0.6) is 0 Å². The SMILES string of the molecule is COC(=O)C1(N2CCN(S(=O)(=O)c3cccc(C(=O)N(c4ccccc4)c4cc(Cl)ccn4)c3Cl)CC2)N=CC=CN1. The molecule has 1 unspecified atom stereocenters. The fourth-order valence-electron chi connectivity index (χ4n) is 4.78. The van der Waals surface area contributed by atoms with Crippen LogP contribution in [0.15, 0.2) is 89.0 Å². The predicted molar refractivity (Wildman–Crippen MR) is 159 cm³/mol. The first-order valence-corrected chi connectivity index (χ1v) is 15.0. The van der Waals surface area contributed by atoms with Gasteiger partial charge in [0.25, 0.3) is 11.7 Å². The molecule has 0 spiro atoms. The number of aliphatic imine (C=N–C) groups is 1. The van der Waals surface area contributed by atoms with Crippen LogP contribution >= 0.6 is 23.2 Å². The summed E-state index contributed by atoms with van der Waals surface area (Å²) in [6, 6.07) is 16.2. The Kier molecular flexibility index (Phi) is 8.62. The zero-order valence-electron chi connectivity index (χ0n) is 22.4. The van der Waals surface area contributed by atoms with Crippen molar-refractivity contribution < 1.29 is 22.7 Å². The number of piperazine rings is 1. The van der Waals surface area contributed by atoms with Gasteiger partial charge in [0.2, 0.25) is 10.0 Å². The van der Waals surface area contributed by atoms with Gasteiger partial charge in [0.1, 0.15) is 10.7 Å². The number of methoxy groups -OCH3 is 1. The number of nitrogens with zero attached hydrogens (tertiary/aromatic N) is 5. The van der Waals surface area contributed by atoms with Crippen LogP contribution in [0.2, 0.25) is 10.0 Å². The predicted octanol–water partition coefficient (Wildman–Crippen LogP) is 3.69. The summed E-state index contributed by atoms with van der Waals surface area (Å²) in [6.45, 7) is 0.425. The second-order valence-electron chi connectivity index (χ2n) is 9.26. The minimum absolute atomic E-state index is 0.0285. The van der Waals surface area contributed by atoms with E-state index in [4.69, 9.17) is 27.9 Å². The van der Waals surface area contributed by atoms with Crippen molar-refractivity contribution in [3.05, 3.63) is 94.7 Å². The first kappa shape index (κ1) is 29.7. The third-order valence-corrected chi connectivity index (χ3v) is 9.56. The van der Waals surface area contributed by atoms with Gasteiger partial charge >= 0.3 is 5.97 Å². The van der Waals surface area contributed by atoms with Gasteiger partial charge in [-0.3, -0.25) is 9.69 Å². The average molecular weight is 630 g/mol. The van der Waals surface area contributed by atoms with Crippen molar-refractivity contribution in [2.24, 2.45) is 4.99 Å². The Hall–Kier alpha value is -3.81. The number of esters is 1. The molecule has 1 atom stereocenters. The first-order chi connectivity index (χ1) is 20.2. The van der Waals surface area contributed by atoms with E-state index in [1.807, 2.05) is 0 Å². The highest BCUT2D eigenvalue weighted by atomic mass is 35.5. The highest BCUT2D eigenvalue weighted by Gasteiger charge is 2.47. The first-order valence-electron chi connectivity index (χ1n) is 12.8. The number of benzene rings is 2. The number of halogens is 2. The van der Waals surface area contributed by atoms with E-state index >= 15 is 0 Å². The lowest BCUT2D eigenvalue weighted by Gasteiger charge is -2.43. The fraction of sp³-hybridized carbons (Fsp3) is 0.214. The Labute approximate surface area is 253 Å². The van der Waals surface area contributed by atoms with Crippen LogP contribution in [0, 0.1) is 0 Å². The Bertz CT molecular complexity index is 1660. The molecule has 42 heavy (non-hydrogen) atoms. The molecule has 1 fully saturated rings. The van der Waals surface area contributed by atoms with Crippen molar-refractivity contribution in [2.75, 3.05) is 38.2 Å². The molecule has 11 nitrogen and oxygen atoms in total. The smallest absolute Gasteiger partial charge is 0.371 e. The number of pyridine rings is 1. The van der Waals surface area contributed by atoms with Gasteiger partial charge in [-0.1, -0.05) is 47.5 Å². The maximum absolute atomic E-state index is 14.0. The van der Waals surface area contributed by atoms with Gasteiger partial charge in [-0.25, -0.2) is 28.1 Å². The van der Waals surface area contributed by atoms with Crippen LogP contribution in [-0.4, -0.2) is 79.8 Å². The summed E-state index contributed by atoms with van der Waals surface area (Å²) in [7, 11) is -2.87. The van der Waals surface area contributed by atoms with Gasteiger partial charge in [0.05, 0.1) is 23.4 Å². The molecule has 1 saturated heterocycles. The summed E-state index contributed by atoms with van der Waals surface area (Å²) in [6.07, 6.45) is 6.17. The second-order valence-corrected chi connectivity index (χ2v) is 12.0. The zero-order chi connectivity index (χ0) is 29.9. The number of hydrogen-bond acceptors (Lipinski definition) is 9. The Morgan fingerprint density at radius 2 is 1.76 bits per heavy atom. The van der Waals surface area contributed by atoms with Crippen molar-refractivity contribution in [1.29, 1.82) is 0 Å². The van der Waals surface area contributed by atoms with E-state index in [0.29, 0.717) is 10.7 Å². The number of aromatic nitrogens is 1. The van der Waals surface area contributed by atoms with Crippen molar-refractivity contribution in [3.8, 4) is 0 Å². The zero-order valence-corrected chi connectivity index (χ0v) is 24.7. The lowest BCUT2D eigenvalue weighted by Crippen LogP contribution is -2.66. The number of carbonyl (C=O) groups excluding carboxylic acids is 2. The molecule has 5 rings (SSSR count). The molecule has 2 aliphatic heterocycles. The number of nitrogens with one attached hydrogen (secondary N) is 1. The summed E-state index contributed by atoms with van der Waals surface area (Å²) >= 11 is 12.9. The van der Waals surface area contributed by atoms with E-state index in [0.717, 1.165) is 0 Å².